The number of carbonyl (C=O) groups is 1. The molecular formula is C13H15Cl2FO3S. The van der Waals surface area contributed by atoms with Crippen LogP contribution in [0.1, 0.15) is 41.8 Å². The van der Waals surface area contributed by atoms with Gasteiger partial charge in [-0.2, -0.15) is 0 Å². The molecule has 0 radical (unpaired) electrons. The van der Waals surface area contributed by atoms with E-state index in [0.29, 0.717) is 18.4 Å². The SMILES string of the molecule is CCC[S@@](=O)c1c(C(F)(Cl)Cl)ccc(C(=O)O)c1CC. The predicted molar refractivity (Wildman–Crippen MR) is 78.8 cm³/mol. The second-order valence-electron chi connectivity index (χ2n) is 4.17. The number of hydrogen-bond acceptors (Lipinski definition) is 2. The summed E-state index contributed by atoms with van der Waals surface area (Å²) in [7, 11) is -1.55. The maximum atomic E-state index is 13.9. The van der Waals surface area contributed by atoms with Crippen LogP contribution in [-0.4, -0.2) is 21.0 Å². The van der Waals surface area contributed by atoms with Gasteiger partial charge in [0.25, 0.3) is 4.59 Å². The molecule has 0 bridgehead atoms. The molecule has 0 spiro atoms. The highest BCUT2D eigenvalue weighted by Gasteiger charge is 2.33. The average molecular weight is 341 g/mol. The van der Waals surface area contributed by atoms with Crippen molar-refractivity contribution in [3.63, 3.8) is 0 Å². The van der Waals surface area contributed by atoms with Crippen LogP contribution in [0.25, 0.3) is 0 Å². The van der Waals surface area contributed by atoms with Crippen LogP contribution in [0.4, 0.5) is 4.39 Å². The predicted octanol–water partition coefficient (Wildman–Crippen LogP) is 4.02. The van der Waals surface area contributed by atoms with Crippen LogP contribution in [0.15, 0.2) is 17.0 Å². The van der Waals surface area contributed by atoms with Gasteiger partial charge >= 0.3 is 5.97 Å². The molecule has 1 aromatic rings. The van der Waals surface area contributed by atoms with Crippen LogP contribution in [0.5, 0.6) is 0 Å². The molecule has 0 fully saturated rings. The molecule has 1 N–H and O–H groups in total. The molecule has 0 aromatic heterocycles. The molecule has 0 aliphatic rings. The summed E-state index contributed by atoms with van der Waals surface area (Å²) >= 11 is 11.0. The molecule has 112 valence electrons. The standard InChI is InChI=1S/C13H15Cl2FO3S/c1-3-7-20(19)11-8(4-2)9(12(17)18)5-6-10(11)13(14,15)16/h5-6H,3-4,7H2,1-2H3,(H,17,18)/t20-/m1/s1. The third kappa shape index (κ3) is 3.71. The van der Waals surface area contributed by atoms with Crippen molar-refractivity contribution >= 4 is 40.0 Å². The summed E-state index contributed by atoms with van der Waals surface area (Å²) in [6, 6.07) is 2.42. The van der Waals surface area contributed by atoms with Crippen molar-refractivity contribution in [1.29, 1.82) is 0 Å². The fourth-order valence-corrected chi connectivity index (χ4v) is 3.93. The van der Waals surface area contributed by atoms with Gasteiger partial charge in [-0.25, -0.2) is 9.18 Å². The van der Waals surface area contributed by atoms with Gasteiger partial charge in [-0.15, -0.1) is 0 Å². The second kappa shape index (κ2) is 6.87. The van der Waals surface area contributed by atoms with Gasteiger partial charge in [0.1, 0.15) is 0 Å². The number of rotatable bonds is 6. The van der Waals surface area contributed by atoms with E-state index >= 15 is 0 Å². The van der Waals surface area contributed by atoms with E-state index in [2.05, 4.69) is 0 Å². The zero-order valence-electron chi connectivity index (χ0n) is 11.1. The zero-order valence-corrected chi connectivity index (χ0v) is 13.4. The van der Waals surface area contributed by atoms with E-state index in [9.17, 15) is 13.4 Å². The zero-order chi connectivity index (χ0) is 15.5. The van der Waals surface area contributed by atoms with Gasteiger partial charge in [0.05, 0.1) is 21.3 Å². The van der Waals surface area contributed by atoms with E-state index < -0.39 is 21.4 Å². The van der Waals surface area contributed by atoms with E-state index in [4.69, 9.17) is 28.3 Å². The highest BCUT2D eigenvalue weighted by atomic mass is 35.5. The topological polar surface area (TPSA) is 54.4 Å². The third-order valence-corrected chi connectivity index (χ3v) is 4.87. The quantitative estimate of drug-likeness (QED) is 0.795. The Morgan fingerprint density at radius 2 is 2.00 bits per heavy atom. The summed E-state index contributed by atoms with van der Waals surface area (Å²) in [5, 5.41) is 9.17. The molecule has 20 heavy (non-hydrogen) atoms. The Labute approximate surface area is 129 Å². The molecule has 1 rings (SSSR count). The third-order valence-electron chi connectivity index (χ3n) is 2.77. The van der Waals surface area contributed by atoms with Gasteiger partial charge in [-0.1, -0.05) is 43.1 Å². The lowest BCUT2D eigenvalue weighted by Gasteiger charge is -2.19. The van der Waals surface area contributed by atoms with Crippen molar-refractivity contribution in [2.24, 2.45) is 0 Å². The Hall–Kier alpha value is -0.650. The fraction of sp³-hybridized carbons (Fsp3) is 0.462. The lowest BCUT2D eigenvalue weighted by molar-refractivity contribution is 0.0695. The minimum Gasteiger partial charge on any atom is -0.478 e. The number of alkyl halides is 3. The number of benzene rings is 1. The summed E-state index contributed by atoms with van der Waals surface area (Å²) in [4.78, 5) is 11.3. The first-order valence-electron chi connectivity index (χ1n) is 6.08. The van der Waals surface area contributed by atoms with Crippen LogP contribution in [-0.2, 0) is 21.8 Å². The summed E-state index contributed by atoms with van der Waals surface area (Å²) in [6.07, 6.45) is 0.903. The largest absolute Gasteiger partial charge is 0.478 e. The van der Waals surface area contributed by atoms with Crippen molar-refractivity contribution in [2.75, 3.05) is 5.75 Å². The van der Waals surface area contributed by atoms with Gasteiger partial charge in [0.2, 0.25) is 0 Å². The minimum atomic E-state index is -2.71. The fourth-order valence-electron chi connectivity index (χ4n) is 1.95. The van der Waals surface area contributed by atoms with Gasteiger partial charge in [0, 0.05) is 11.3 Å². The van der Waals surface area contributed by atoms with E-state index in [1.807, 2.05) is 6.92 Å². The van der Waals surface area contributed by atoms with Crippen LogP contribution in [0.2, 0.25) is 0 Å². The average Bonchev–Trinajstić information content (AvgIpc) is 2.35. The van der Waals surface area contributed by atoms with E-state index in [1.54, 1.807) is 6.92 Å². The lowest BCUT2D eigenvalue weighted by Crippen LogP contribution is -2.15. The Bertz CT molecular complexity index is 541. The number of carboxylic acids is 1. The van der Waals surface area contributed by atoms with E-state index in [1.165, 1.54) is 12.1 Å². The number of hydrogen-bond donors (Lipinski definition) is 1. The molecule has 3 nitrogen and oxygen atoms in total. The summed E-state index contributed by atoms with van der Waals surface area (Å²) in [6.45, 7) is 3.54. The van der Waals surface area contributed by atoms with E-state index in [-0.39, 0.29) is 21.8 Å². The van der Waals surface area contributed by atoms with Gasteiger partial charge in [-0.3, -0.25) is 4.21 Å². The molecular weight excluding hydrogens is 326 g/mol. The summed E-state index contributed by atoms with van der Waals surface area (Å²) in [5.41, 5.74) is 0.160. The molecule has 0 heterocycles. The number of halogens is 3. The van der Waals surface area contributed by atoms with Crippen LogP contribution in [0.3, 0.4) is 0 Å². The first kappa shape index (κ1) is 17.4. The van der Waals surface area contributed by atoms with Crippen molar-refractivity contribution in [2.45, 2.75) is 36.2 Å². The molecule has 0 aliphatic carbocycles. The molecule has 0 aliphatic heterocycles. The maximum Gasteiger partial charge on any atom is 0.336 e. The van der Waals surface area contributed by atoms with E-state index in [0.717, 1.165) is 0 Å². The number of aromatic carboxylic acids is 1. The maximum absolute atomic E-state index is 13.9. The number of carboxylic acid groups (broad SMARTS) is 1. The summed E-state index contributed by atoms with van der Waals surface area (Å²) < 4.78 is 23.5. The Balaban J connectivity index is 3.64. The van der Waals surface area contributed by atoms with Crippen LogP contribution in [0, 0.1) is 0 Å². The van der Waals surface area contributed by atoms with Crippen molar-refractivity contribution in [3.8, 4) is 0 Å². The van der Waals surface area contributed by atoms with Crippen molar-refractivity contribution < 1.29 is 18.5 Å². The van der Waals surface area contributed by atoms with Crippen LogP contribution >= 0.6 is 23.2 Å². The smallest absolute Gasteiger partial charge is 0.336 e. The first-order valence-corrected chi connectivity index (χ1v) is 8.16. The van der Waals surface area contributed by atoms with Crippen LogP contribution < -0.4 is 0 Å². The first-order chi connectivity index (χ1) is 9.23. The Morgan fingerprint density at radius 1 is 1.40 bits per heavy atom. The minimum absolute atomic E-state index is 0.00622. The van der Waals surface area contributed by atoms with Gasteiger partial charge in [-0.05, 0) is 24.5 Å². The monoisotopic (exact) mass is 340 g/mol. The van der Waals surface area contributed by atoms with Gasteiger partial charge in [0.15, 0.2) is 0 Å². The molecule has 7 heteroatoms. The molecule has 0 unspecified atom stereocenters. The highest BCUT2D eigenvalue weighted by molar-refractivity contribution is 7.85. The molecule has 1 atom stereocenters. The van der Waals surface area contributed by atoms with Crippen molar-refractivity contribution in [3.05, 3.63) is 28.8 Å². The Kier molecular flexibility index (Phi) is 5.98. The highest BCUT2D eigenvalue weighted by Crippen LogP contribution is 2.40. The van der Waals surface area contributed by atoms with Crippen molar-refractivity contribution in [1.82, 2.24) is 0 Å². The second-order valence-corrected chi connectivity index (χ2v) is 6.92. The van der Waals surface area contributed by atoms with Gasteiger partial charge < -0.3 is 5.11 Å². The summed E-state index contributed by atoms with van der Waals surface area (Å²) in [5.74, 6) is -0.871. The molecule has 0 saturated carbocycles. The Morgan fingerprint density at radius 3 is 2.40 bits per heavy atom. The lowest BCUT2D eigenvalue weighted by atomic mass is 10.0. The molecule has 0 saturated heterocycles. The molecule has 1 aromatic carbocycles. The molecule has 0 amide bonds. The normalized spacial score (nSPS) is 13.2.